The fourth-order valence-electron chi connectivity index (χ4n) is 2.39. The number of piperazine rings is 1. The Balaban J connectivity index is 2.76. The summed E-state index contributed by atoms with van der Waals surface area (Å²) in [5.41, 5.74) is 0.553. The van der Waals surface area contributed by atoms with Gasteiger partial charge in [0.25, 0.3) is 0 Å². The van der Waals surface area contributed by atoms with Crippen LogP contribution in [0.3, 0.4) is 0 Å². The monoisotopic (exact) mass is 210 g/mol. The van der Waals surface area contributed by atoms with Crippen molar-refractivity contribution in [2.45, 2.75) is 46.2 Å². The minimum Gasteiger partial charge on any atom is -0.309 e. The Morgan fingerprint density at radius 3 is 2.53 bits per heavy atom. The summed E-state index contributed by atoms with van der Waals surface area (Å²) in [5, 5.41) is 3.63. The van der Waals surface area contributed by atoms with Crippen LogP contribution >= 0.6 is 0 Å². The van der Waals surface area contributed by atoms with Gasteiger partial charge in [0, 0.05) is 31.2 Å². The molecule has 2 nitrogen and oxygen atoms in total. The van der Waals surface area contributed by atoms with E-state index in [1.54, 1.807) is 0 Å². The number of hydrogen-bond acceptors (Lipinski definition) is 2. The lowest BCUT2D eigenvalue weighted by atomic mass is 9.82. The third kappa shape index (κ3) is 3.32. The largest absolute Gasteiger partial charge is 0.309 e. The van der Waals surface area contributed by atoms with Crippen molar-refractivity contribution < 1.29 is 0 Å². The van der Waals surface area contributed by atoms with Gasteiger partial charge in [-0.3, -0.25) is 4.90 Å². The first-order valence-corrected chi connectivity index (χ1v) is 5.86. The van der Waals surface area contributed by atoms with Gasteiger partial charge in [-0.15, -0.1) is 6.58 Å². The van der Waals surface area contributed by atoms with E-state index in [0.717, 1.165) is 19.6 Å². The van der Waals surface area contributed by atoms with E-state index in [1.165, 1.54) is 0 Å². The summed E-state index contributed by atoms with van der Waals surface area (Å²) < 4.78 is 0. The predicted molar refractivity (Wildman–Crippen MR) is 67.1 cm³/mol. The molecule has 1 saturated heterocycles. The highest BCUT2D eigenvalue weighted by Crippen LogP contribution is 2.28. The molecular weight excluding hydrogens is 184 g/mol. The number of nitrogens with zero attached hydrogens (tertiary/aromatic N) is 1. The Morgan fingerprint density at radius 1 is 1.47 bits per heavy atom. The standard InChI is InChI=1S/C13H26N2/c1-7-8-15-10-13(5,6)14-9-11(15)12(2,3)4/h7,11,14H,1,8-10H2,2-6H3. The second-order valence-electron chi connectivity index (χ2n) is 6.36. The zero-order valence-corrected chi connectivity index (χ0v) is 10.9. The molecule has 2 heteroatoms. The highest BCUT2D eigenvalue weighted by atomic mass is 15.3. The van der Waals surface area contributed by atoms with Crippen LogP contribution in [-0.4, -0.2) is 36.1 Å². The third-order valence-corrected chi connectivity index (χ3v) is 3.18. The molecule has 0 aromatic rings. The first kappa shape index (κ1) is 12.7. The van der Waals surface area contributed by atoms with E-state index >= 15 is 0 Å². The summed E-state index contributed by atoms with van der Waals surface area (Å²) in [5.74, 6) is 0. The van der Waals surface area contributed by atoms with Gasteiger partial charge in [-0.2, -0.15) is 0 Å². The van der Waals surface area contributed by atoms with E-state index in [4.69, 9.17) is 0 Å². The number of hydrogen-bond donors (Lipinski definition) is 1. The molecule has 0 spiro atoms. The van der Waals surface area contributed by atoms with Gasteiger partial charge >= 0.3 is 0 Å². The molecule has 0 aliphatic carbocycles. The molecule has 1 atom stereocenters. The summed E-state index contributed by atoms with van der Waals surface area (Å²) in [6.07, 6.45) is 2.01. The van der Waals surface area contributed by atoms with Crippen LogP contribution in [0.5, 0.6) is 0 Å². The molecule has 0 bridgehead atoms. The van der Waals surface area contributed by atoms with E-state index < -0.39 is 0 Å². The van der Waals surface area contributed by atoms with Crippen molar-refractivity contribution >= 4 is 0 Å². The van der Waals surface area contributed by atoms with Gasteiger partial charge in [-0.05, 0) is 19.3 Å². The quantitative estimate of drug-likeness (QED) is 0.703. The van der Waals surface area contributed by atoms with E-state index in [2.05, 4.69) is 51.4 Å². The van der Waals surface area contributed by atoms with Crippen LogP contribution in [0.15, 0.2) is 12.7 Å². The van der Waals surface area contributed by atoms with Gasteiger partial charge in [0.05, 0.1) is 0 Å². The number of rotatable bonds is 2. The predicted octanol–water partition coefficient (Wildman–Crippen LogP) is 2.27. The SMILES string of the molecule is C=CCN1CC(C)(C)NCC1C(C)(C)C. The summed E-state index contributed by atoms with van der Waals surface area (Å²) in [4.78, 5) is 2.55. The van der Waals surface area contributed by atoms with Crippen molar-refractivity contribution in [1.82, 2.24) is 10.2 Å². The van der Waals surface area contributed by atoms with Crippen molar-refractivity contribution in [3.8, 4) is 0 Å². The van der Waals surface area contributed by atoms with Gasteiger partial charge in [0.2, 0.25) is 0 Å². The van der Waals surface area contributed by atoms with Crippen molar-refractivity contribution in [2.75, 3.05) is 19.6 Å². The molecule has 1 unspecified atom stereocenters. The summed E-state index contributed by atoms with van der Waals surface area (Å²) in [6, 6.07) is 0.600. The fourth-order valence-corrected chi connectivity index (χ4v) is 2.39. The Morgan fingerprint density at radius 2 is 2.07 bits per heavy atom. The molecule has 1 aliphatic rings. The van der Waals surface area contributed by atoms with Crippen LogP contribution < -0.4 is 5.32 Å². The lowest BCUT2D eigenvalue weighted by molar-refractivity contribution is 0.0426. The molecule has 1 heterocycles. The van der Waals surface area contributed by atoms with Crippen LogP contribution in [0.4, 0.5) is 0 Å². The van der Waals surface area contributed by atoms with E-state index in [0.29, 0.717) is 11.5 Å². The molecule has 1 aliphatic heterocycles. The van der Waals surface area contributed by atoms with Gasteiger partial charge < -0.3 is 5.32 Å². The first-order valence-electron chi connectivity index (χ1n) is 5.86. The molecular formula is C13H26N2. The van der Waals surface area contributed by atoms with Crippen LogP contribution in [0.2, 0.25) is 0 Å². The highest BCUT2D eigenvalue weighted by Gasteiger charge is 2.37. The first-order chi connectivity index (χ1) is 6.76. The smallest absolute Gasteiger partial charge is 0.0273 e. The molecule has 0 aromatic carbocycles. The summed E-state index contributed by atoms with van der Waals surface area (Å²) in [7, 11) is 0. The lowest BCUT2D eigenvalue weighted by Crippen LogP contribution is -2.64. The molecule has 0 amide bonds. The van der Waals surface area contributed by atoms with E-state index in [9.17, 15) is 0 Å². The fraction of sp³-hybridized carbons (Fsp3) is 0.846. The molecule has 1 rings (SSSR count). The second-order valence-corrected chi connectivity index (χ2v) is 6.36. The van der Waals surface area contributed by atoms with Crippen LogP contribution in [0, 0.1) is 5.41 Å². The van der Waals surface area contributed by atoms with Crippen molar-refractivity contribution in [1.29, 1.82) is 0 Å². The second kappa shape index (κ2) is 4.26. The van der Waals surface area contributed by atoms with Gasteiger partial charge in [-0.1, -0.05) is 26.8 Å². The molecule has 88 valence electrons. The van der Waals surface area contributed by atoms with E-state index in [1.807, 2.05) is 6.08 Å². The average molecular weight is 210 g/mol. The van der Waals surface area contributed by atoms with Crippen LogP contribution in [-0.2, 0) is 0 Å². The maximum absolute atomic E-state index is 3.86. The highest BCUT2D eigenvalue weighted by molar-refractivity contribution is 4.98. The molecule has 0 radical (unpaired) electrons. The van der Waals surface area contributed by atoms with E-state index in [-0.39, 0.29) is 5.54 Å². The molecule has 0 saturated carbocycles. The third-order valence-electron chi connectivity index (χ3n) is 3.18. The molecule has 15 heavy (non-hydrogen) atoms. The Bertz CT molecular complexity index is 225. The number of nitrogens with one attached hydrogen (secondary N) is 1. The Hall–Kier alpha value is -0.340. The maximum Gasteiger partial charge on any atom is 0.0273 e. The van der Waals surface area contributed by atoms with Crippen LogP contribution in [0.25, 0.3) is 0 Å². The van der Waals surface area contributed by atoms with Gasteiger partial charge in [-0.25, -0.2) is 0 Å². The Labute approximate surface area is 94.7 Å². The topological polar surface area (TPSA) is 15.3 Å². The normalized spacial score (nSPS) is 27.7. The summed E-state index contributed by atoms with van der Waals surface area (Å²) in [6.45, 7) is 18.5. The maximum atomic E-state index is 3.86. The Kier molecular flexibility index (Phi) is 3.62. The van der Waals surface area contributed by atoms with Crippen molar-refractivity contribution in [3.05, 3.63) is 12.7 Å². The minimum atomic E-state index is 0.227. The van der Waals surface area contributed by atoms with Crippen molar-refractivity contribution in [2.24, 2.45) is 5.41 Å². The van der Waals surface area contributed by atoms with Gasteiger partial charge in [0.15, 0.2) is 0 Å². The average Bonchev–Trinajstić information content (AvgIpc) is 2.00. The van der Waals surface area contributed by atoms with Crippen molar-refractivity contribution in [3.63, 3.8) is 0 Å². The lowest BCUT2D eigenvalue weighted by Gasteiger charge is -2.49. The van der Waals surface area contributed by atoms with Crippen LogP contribution in [0.1, 0.15) is 34.6 Å². The molecule has 1 fully saturated rings. The minimum absolute atomic E-state index is 0.227. The molecule has 0 aromatic heterocycles. The zero-order chi connectivity index (χ0) is 11.7. The molecule has 1 N–H and O–H groups in total. The van der Waals surface area contributed by atoms with Gasteiger partial charge in [0.1, 0.15) is 0 Å². The zero-order valence-electron chi connectivity index (χ0n) is 10.9. The summed E-state index contributed by atoms with van der Waals surface area (Å²) >= 11 is 0.